The number of nitrogens with zero attached hydrogens (tertiary/aromatic N) is 3. The Labute approximate surface area is 165 Å². The molecule has 25 heavy (non-hydrogen) atoms. The summed E-state index contributed by atoms with van der Waals surface area (Å²) in [5, 5.41) is 0.538. The first-order valence-corrected chi connectivity index (χ1v) is 10.2. The number of anilines is 1. The number of rotatable bonds is 4. The first-order chi connectivity index (χ1) is 12.0. The van der Waals surface area contributed by atoms with Crippen molar-refractivity contribution in [1.29, 1.82) is 0 Å². The molecule has 1 aliphatic heterocycles. The minimum absolute atomic E-state index is 0.155. The van der Waals surface area contributed by atoms with Gasteiger partial charge in [-0.2, -0.15) is 0 Å². The van der Waals surface area contributed by atoms with Gasteiger partial charge in [0.25, 0.3) is 0 Å². The number of benzene rings is 1. The Morgan fingerprint density at radius 1 is 1.20 bits per heavy atom. The number of hydrogen-bond donors (Lipinski definition) is 0. The van der Waals surface area contributed by atoms with Gasteiger partial charge in [0.05, 0.1) is 10.3 Å². The van der Waals surface area contributed by atoms with E-state index in [9.17, 15) is 4.79 Å². The molecule has 1 saturated heterocycles. The average molecular weight is 441 g/mol. The number of piperazine rings is 1. The lowest BCUT2D eigenvalue weighted by Crippen LogP contribution is -2.50. The summed E-state index contributed by atoms with van der Waals surface area (Å²) in [5.74, 6) is 1.11. The number of amides is 1. The fourth-order valence-corrected chi connectivity index (χ4v) is 4.22. The predicted octanol–water partition coefficient (Wildman–Crippen LogP) is 4.33. The largest absolute Gasteiger partial charge is 0.353 e. The van der Waals surface area contributed by atoms with E-state index in [2.05, 4.69) is 25.8 Å². The van der Waals surface area contributed by atoms with Gasteiger partial charge in [-0.25, -0.2) is 4.98 Å². The van der Waals surface area contributed by atoms with Gasteiger partial charge in [-0.1, -0.05) is 23.7 Å². The molecular weight excluding hydrogens is 422 g/mol. The molecule has 3 rings (SSSR count). The zero-order valence-corrected chi connectivity index (χ0v) is 17.0. The van der Waals surface area contributed by atoms with Crippen LogP contribution in [0.25, 0.3) is 0 Å². The standard InChI is InChI=1S/C18H19BrClN3OS/c1-13(25-16-5-3-2-4-15(16)20)18(24)23-10-8-22(9-11-23)17-7-6-14(19)12-21-17/h2-7,12-13H,8-11H2,1H3. The third-order valence-electron chi connectivity index (χ3n) is 4.12. The van der Waals surface area contributed by atoms with Gasteiger partial charge >= 0.3 is 0 Å². The van der Waals surface area contributed by atoms with E-state index in [0.717, 1.165) is 28.3 Å². The molecule has 1 fully saturated rings. The van der Waals surface area contributed by atoms with Crippen LogP contribution in [0.2, 0.25) is 5.02 Å². The van der Waals surface area contributed by atoms with Crippen LogP contribution in [0.3, 0.4) is 0 Å². The first-order valence-electron chi connectivity index (χ1n) is 8.11. The summed E-state index contributed by atoms with van der Waals surface area (Å²) in [6.07, 6.45) is 1.80. The van der Waals surface area contributed by atoms with Crippen LogP contribution in [0.5, 0.6) is 0 Å². The van der Waals surface area contributed by atoms with E-state index < -0.39 is 0 Å². The summed E-state index contributed by atoms with van der Waals surface area (Å²) >= 11 is 11.1. The summed E-state index contributed by atoms with van der Waals surface area (Å²) < 4.78 is 0.968. The number of halogens is 2. The normalized spacial score (nSPS) is 16.0. The Hall–Kier alpha value is -1.24. The Balaban J connectivity index is 1.56. The van der Waals surface area contributed by atoms with E-state index in [1.165, 1.54) is 11.8 Å². The van der Waals surface area contributed by atoms with Crippen LogP contribution in [-0.4, -0.2) is 47.2 Å². The highest BCUT2D eigenvalue weighted by Gasteiger charge is 2.26. The molecule has 0 N–H and O–H groups in total. The maximum absolute atomic E-state index is 12.7. The lowest BCUT2D eigenvalue weighted by atomic mass is 10.2. The molecule has 0 radical (unpaired) electrons. The molecule has 4 nitrogen and oxygen atoms in total. The third-order valence-corrected chi connectivity index (χ3v) is 6.19. The van der Waals surface area contributed by atoms with Gasteiger partial charge in [-0.05, 0) is 47.1 Å². The molecule has 7 heteroatoms. The van der Waals surface area contributed by atoms with E-state index in [-0.39, 0.29) is 11.2 Å². The van der Waals surface area contributed by atoms with Crippen molar-refractivity contribution < 1.29 is 4.79 Å². The van der Waals surface area contributed by atoms with Gasteiger partial charge in [-0.15, -0.1) is 11.8 Å². The highest BCUT2D eigenvalue weighted by molar-refractivity contribution is 9.10. The number of carbonyl (C=O) groups excluding carboxylic acids is 1. The molecule has 0 saturated carbocycles. The van der Waals surface area contributed by atoms with Crippen LogP contribution in [0.15, 0.2) is 52.0 Å². The minimum atomic E-state index is -0.155. The number of pyridine rings is 1. The quantitative estimate of drug-likeness (QED) is 0.663. The molecule has 1 unspecified atom stereocenters. The molecule has 2 aromatic rings. The number of carbonyl (C=O) groups is 1. The summed E-state index contributed by atoms with van der Waals surface area (Å²) in [5.41, 5.74) is 0. The van der Waals surface area contributed by atoms with Crippen molar-refractivity contribution in [3.63, 3.8) is 0 Å². The first kappa shape index (κ1) is 18.5. The van der Waals surface area contributed by atoms with Crippen LogP contribution in [0.1, 0.15) is 6.92 Å². The van der Waals surface area contributed by atoms with Gasteiger partial charge in [0.15, 0.2) is 0 Å². The number of aromatic nitrogens is 1. The molecule has 1 amide bonds. The molecular formula is C18H19BrClN3OS. The van der Waals surface area contributed by atoms with Crippen molar-refractivity contribution in [1.82, 2.24) is 9.88 Å². The Kier molecular flexibility index (Phi) is 6.25. The predicted molar refractivity (Wildman–Crippen MR) is 108 cm³/mol. The molecule has 1 aliphatic rings. The fraction of sp³-hybridized carbons (Fsp3) is 0.333. The van der Waals surface area contributed by atoms with E-state index in [1.54, 1.807) is 6.20 Å². The number of thioether (sulfide) groups is 1. The van der Waals surface area contributed by atoms with Gasteiger partial charge in [0, 0.05) is 41.7 Å². The SMILES string of the molecule is CC(Sc1ccccc1Cl)C(=O)N1CCN(c2ccc(Br)cn2)CC1. The highest BCUT2D eigenvalue weighted by atomic mass is 79.9. The van der Waals surface area contributed by atoms with Crippen molar-refractivity contribution in [2.45, 2.75) is 17.1 Å². The molecule has 0 aliphatic carbocycles. The van der Waals surface area contributed by atoms with Crippen molar-refractivity contribution in [3.8, 4) is 0 Å². The Morgan fingerprint density at radius 2 is 1.92 bits per heavy atom. The molecule has 0 bridgehead atoms. The van der Waals surface area contributed by atoms with Gasteiger partial charge in [0.2, 0.25) is 5.91 Å². The van der Waals surface area contributed by atoms with Crippen LogP contribution in [0, 0.1) is 0 Å². The number of hydrogen-bond acceptors (Lipinski definition) is 4. The van der Waals surface area contributed by atoms with Gasteiger partial charge in [-0.3, -0.25) is 4.79 Å². The summed E-state index contributed by atoms with van der Waals surface area (Å²) in [6.45, 7) is 4.96. The lowest BCUT2D eigenvalue weighted by Gasteiger charge is -2.36. The van der Waals surface area contributed by atoms with Crippen molar-refractivity contribution >= 4 is 51.0 Å². The van der Waals surface area contributed by atoms with Gasteiger partial charge < -0.3 is 9.80 Å². The second kappa shape index (κ2) is 8.43. The second-order valence-corrected chi connectivity index (χ2v) is 8.54. The molecule has 2 heterocycles. The lowest BCUT2D eigenvalue weighted by molar-refractivity contribution is -0.130. The molecule has 132 valence electrons. The van der Waals surface area contributed by atoms with E-state index in [0.29, 0.717) is 18.1 Å². The molecule has 1 aromatic heterocycles. The van der Waals surface area contributed by atoms with E-state index >= 15 is 0 Å². The molecule has 0 spiro atoms. The summed E-state index contributed by atoms with van der Waals surface area (Å²) in [6, 6.07) is 11.6. The van der Waals surface area contributed by atoms with Crippen LogP contribution in [-0.2, 0) is 4.79 Å². The maximum Gasteiger partial charge on any atom is 0.235 e. The topological polar surface area (TPSA) is 36.4 Å². The summed E-state index contributed by atoms with van der Waals surface area (Å²) in [7, 11) is 0. The van der Waals surface area contributed by atoms with Crippen molar-refractivity contribution in [2.75, 3.05) is 31.1 Å². The minimum Gasteiger partial charge on any atom is -0.353 e. The zero-order valence-electron chi connectivity index (χ0n) is 13.9. The summed E-state index contributed by atoms with van der Waals surface area (Å²) in [4.78, 5) is 22.2. The van der Waals surface area contributed by atoms with Gasteiger partial charge in [0.1, 0.15) is 5.82 Å². The van der Waals surface area contributed by atoms with Crippen molar-refractivity contribution in [3.05, 3.63) is 52.1 Å². The Bertz CT molecular complexity index is 735. The second-order valence-electron chi connectivity index (χ2n) is 5.84. The van der Waals surface area contributed by atoms with Crippen LogP contribution >= 0.6 is 39.3 Å². The fourth-order valence-electron chi connectivity index (χ4n) is 2.75. The molecule has 1 atom stereocenters. The molecule has 1 aromatic carbocycles. The Morgan fingerprint density at radius 3 is 2.56 bits per heavy atom. The highest BCUT2D eigenvalue weighted by Crippen LogP contribution is 2.31. The zero-order chi connectivity index (χ0) is 17.8. The smallest absolute Gasteiger partial charge is 0.235 e. The van der Waals surface area contributed by atoms with E-state index in [1.807, 2.05) is 48.2 Å². The average Bonchev–Trinajstić information content (AvgIpc) is 2.64. The van der Waals surface area contributed by atoms with Crippen molar-refractivity contribution in [2.24, 2.45) is 0 Å². The van der Waals surface area contributed by atoms with E-state index in [4.69, 9.17) is 11.6 Å². The monoisotopic (exact) mass is 439 g/mol. The maximum atomic E-state index is 12.7. The third kappa shape index (κ3) is 4.68. The van der Waals surface area contributed by atoms with Crippen LogP contribution in [0.4, 0.5) is 5.82 Å². The van der Waals surface area contributed by atoms with Crippen LogP contribution < -0.4 is 4.90 Å².